The third kappa shape index (κ3) is 6.78. The normalized spacial score (nSPS) is 12.3. The highest BCUT2D eigenvalue weighted by molar-refractivity contribution is 9.11. The van der Waals surface area contributed by atoms with Crippen LogP contribution in [0, 0.1) is 0 Å². The summed E-state index contributed by atoms with van der Waals surface area (Å²) >= 11 is 20.8. The molecule has 204 valence electrons. The molecule has 4 rings (SSSR count). The Morgan fingerprint density at radius 2 is 1.77 bits per heavy atom. The summed E-state index contributed by atoms with van der Waals surface area (Å²) in [7, 11) is 0. The van der Waals surface area contributed by atoms with Crippen LogP contribution in [0.25, 0.3) is 10.9 Å². The smallest absolute Gasteiger partial charge is 0.282 e. The summed E-state index contributed by atoms with van der Waals surface area (Å²) in [6.45, 7) is 6.64. The van der Waals surface area contributed by atoms with Crippen LogP contribution in [-0.2, 0) is 6.61 Å². The maximum absolute atomic E-state index is 13.5. The highest BCUT2D eigenvalue weighted by atomic mass is 79.9. The molecule has 0 unspecified atom stereocenters. The van der Waals surface area contributed by atoms with Crippen molar-refractivity contribution in [1.82, 2.24) is 9.66 Å². The van der Waals surface area contributed by atoms with E-state index in [0.29, 0.717) is 49.9 Å². The number of aromatic nitrogens is 2. The van der Waals surface area contributed by atoms with Gasteiger partial charge >= 0.3 is 0 Å². The predicted molar refractivity (Wildman–Crippen MR) is 172 cm³/mol. The van der Waals surface area contributed by atoms with Crippen LogP contribution in [0.1, 0.15) is 50.1 Å². The lowest BCUT2D eigenvalue weighted by Gasteiger charge is -2.17. The van der Waals surface area contributed by atoms with Gasteiger partial charge in [-0.3, -0.25) is 4.79 Å². The largest absolute Gasteiger partial charge is 0.490 e. The van der Waals surface area contributed by atoms with E-state index in [1.165, 1.54) is 4.68 Å². The minimum absolute atomic E-state index is 0.0163. The van der Waals surface area contributed by atoms with Crippen LogP contribution in [0.5, 0.6) is 11.5 Å². The van der Waals surface area contributed by atoms with Gasteiger partial charge in [0.15, 0.2) is 11.5 Å². The molecule has 1 aromatic heterocycles. The predicted octanol–water partition coefficient (Wildman–Crippen LogP) is 9.47. The van der Waals surface area contributed by atoms with E-state index in [9.17, 15) is 4.79 Å². The van der Waals surface area contributed by atoms with Gasteiger partial charge in [0.05, 0.1) is 23.7 Å². The molecule has 11 heteroatoms. The molecule has 1 atom stereocenters. The highest BCUT2D eigenvalue weighted by Crippen LogP contribution is 2.43. The van der Waals surface area contributed by atoms with Gasteiger partial charge in [-0.2, -0.15) is 9.78 Å². The Labute approximate surface area is 265 Å². The number of hydrogen-bond acceptors (Lipinski definition) is 5. The molecule has 0 saturated carbocycles. The fourth-order valence-electron chi connectivity index (χ4n) is 3.78. The molecule has 0 aliphatic carbocycles. The minimum atomic E-state index is -0.250. The van der Waals surface area contributed by atoms with Gasteiger partial charge in [-0.05, 0) is 65.7 Å². The van der Waals surface area contributed by atoms with E-state index in [1.54, 1.807) is 18.3 Å². The second-order valence-corrected chi connectivity index (χ2v) is 12.5. The van der Waals surface area contributed by atoms with Crippen molar-refractivity contribution in [2.45, 2.75) is 39.7 Å². The molecular weight excluding hydrogens is 781 g/mol. The molecule has 0 fully saturated rings. The van der Waals surface area contributed by atoms with Gasteiger partial charge in [0.25, 0.3) is 5.56 Å². The summed E-state index contributed by atoms with van der Waals surface area (Å²) in [5.74, 6) is 1.48. The lowest BCUT2D eigenvalue weighted by Crippen LogP contribution is -2.23. The monoisotopic (exact) mass is 801 g/mol. The van der Waals surface area contributed by atoms with Crippen LogP contribution in [0.2, 0.25) is 5.02 Å². The standard InChI is InChI=1S/C28H24Br4ClN3O3/c1-4-15(3)27-35-22-9-8-18(29)11-20(22)28(37)36(27)34-13-17-10-23(38-5-2)26(25(33)24(17)32)39-14-16-6-7-19(30)12-21(16)31/h6-13,15H,4-5,14H2,1-3H3/t15-/m1/s1. The third-order valence-corrected chi connectivity index (χ3v) is 9.21. The Morgan fingerprint density at radius 3 is 2.46 bits per heavy atom. The van der Waals surface area contributed by atoms with Crippen molar-refractivity contribution in [3.05, 3.63) is 92.7 Å². The molecule has 39 heavy (non-hydrogen) atoms. The number of fused-ring (bicyclic) bond motifs is 1. The Balaban J connectivity index is 1.76. The Hall–Kier alpha value is -1.72. The van der Waals surface area contributed by atoms with Gasteiger partial charge in [-0.1, -0.05) is 79.3 Å². The van der Waals surface area contributed by atoms with Crippen molar-refractivity contribution in [1.29, 1.82) is 0 Å². The molecule has 0 radical (unpaired) electrons. The highest BCUT2D eigenvalue weighted by Gasteiger charge is 2.19. The van der Waals surface area contributed by atoms with Crippen molar-refractivity contribution in [2.75, 3.05) is 6.61 Å². The fourth-order valence-corrected chi connectivity index (χ4v) is 5.96. The lowest BCUT2D eigenvalue weighted by atomic mass is 10.1. The molecule has 0 aliphatic heterocycles. The number of rotatable bonds is 9. The topological polar surface area (TPSA) is 65.7 Å². The summed E-state index contributed by atoms with van der Waals surface area (Å²) in [5, 5.41) is 5.39. The third-order valence-electron chi connectivity index (χ3n) is 6.04. The molecule has 0 aliphatic rings. The Morgan fingerprint density at radius 1 is 1.05 bits per heavy atom. The van der Waals surface area contributed by atoms with Crippen molar-refractivity contribution in [3.8, 4) is 11.5 Å². The first-order chi connectivity index (χ1) is 18.6. The van der Waals surface area contributed by atoms with E-state index >= 15 is 0 Å². The fraction of sp³-hybridized carbons (Fsp3) is 0.250. The molecule has 4 aromatic rings. The van der Waals surface area contributed by atoms with Gasteiger partial charge in [-0.25, -0.2) is 4.98 Å². The van der Waals surface area contributed by atoms with Gasteiger partial charge in [0.2, 0.25) is 0 Å². The van der Waals surface area contributed by atoms with Crippen LogP contribution in [-0.4, -0.2) is 22.5 Å². The number of halogens is 5. The van der Waals surface area contributed by atoms with Crippen molar-refractivity contribution in [2.24, 2.45) is 5.10 Å². The molecule has 0 amide bonds. The number of ether oxygens (including phenoxy) is 2. The SMILES string of the molecule is CCOc1cc(C=Nn2c([C@H](C)CC)nc3ccc(Br)cc3c2=O)c(Br)c(Cl)c1OCc1ccc(Br)cc1Br. The van der Waals surface area contributed by atoms with Crippen LogP contribution in [0.15, 0.2) is 70.3 Å². The van der Waals surface area contributed by atoms with E-state index in [0.717, 1.165) is 25.4 Å². The first-order valence-electron chi connectivity index (χ1n) is 12.1. The number of nitrogens with zero attached hydrogens (tertiary/aromatic N) is 3. The van der Waals surface area contributed by atoms with E-state index in [1.807, 2.05) is 51.1 Å². The maximum atomic E-state index is 13.5. The van der Waals surface area contributed by atoms with E-state index < -0.39 is 0 Å². The van der Waals surface area contributed by atoms with Gasteiger partial charge < -0.3 is 9.47 Å². The van der Waals surface area contributed by atoms with Crippen LogP contribution in [0.3, 0.4) is 0 Å². The molecule has 3 aromatic carbocycles. The summed E-state index contributed by atoms with van der Waals surface area (Å²) in [6.07, 6.45) is 2.38. The first-order valence-corrected chi connectivity index (χ1v) is 15.7. The van der Waals surface area contributed by atoms with E-state index in [-0.39, 0.29) is 18.1 Å². The van der Waals surface area contributed by atoms with Crippen LogP contribution in [0.4, 0.5) is 0 Å². The molecular formula is C28H24Br4ClN3O3. The average molecular weight is 806 g/mol. The molecule has 0 bridgehead atoms. The summed E-state index contributed by atoms with van der Waals surface area (Å²) in [4.78, 5) is 18.3. The number of benzene rings is 3. The average Bonchev–Trinajstić information content (AvgIpc) is 2.91. The molecule has 1 heterocycles. The molecule has 6 nitrogen and oxygen atoms in total. The summed E-state index contributed by atoms with van der Waals surface area (Å²) < 4.78 is 16.6. The minimum Gasteiger partial charge on any atom is -0.490 e. The summed E-state index contributed by atoms with van der Waals surface area (Å²) in [6, 6.07) is 13.1. The second kappa shape index (κ2) is 13.3. The van der Waals surface area contributed by atoms with Crippen molar-refractivity contribution in [3.63, 3.8) is 0 Å². The van der Waals surface area contributed by atoms with Gasteiger partial charge in [-0.15, -0.1) is 0 Å². The second-order valence-electron chi connectivity index (χ2n) is 8.68. The van der Waals surface area contributed by atoms with Crippen molar-refractivity contribution >= 4 is 92.4 Å². The van der Waals surface area contributed by atoms with Crippen LogP contribution >= 0.6 is 75.3 Å². The first kappa shape index (κ1) is 30.2. The maximum Gasteiger partial charge on any atom is 0.282 e. The quantitative estimate of drug-likeness (QED) is 0.158. The zero-order chi connectivity index (χ0) is 28.3. The Bertz CT molecular complexity index is 1620. The van der Waals surface area contributed by atoms with Crippen molar-refractivity contribution < 1.29 is 9.47 Å². The molecule has 0 N–H and O–H groups in total. The lowest BCUT2D eigenvalue weighted by molar-refractivity contribution is 0.269. The molecule has 0 spiro atoms. The zero-order valence-corrected chi connectivity index (χ0v) is 28.4. The van der Waals surface area contributed by atoms with Gasteiger partial charge in [0.1, 0.15) is 17.5 Å². The summed E-state index contributed by atoms with van der Waals surface area (Å²) in [5.41, 5.74) is 1.95. The van der Waals surface area contributed by atoms with E-state index in [2.05, 4.69) is 68.8 Å². The zero-order valence-electron chi connectivity index (χ0n) is 21.3. The van der Waals surface area contributed by atoms with Gasteiger partial charge in [0, 0.05) is 34.9 Å². The van der Waals surface area contributed by atoms with Crippen LogP contribution < -0.4 is 15.0 Å². The molecule has 0 saturated heterocycles. The number of hydrogen-bond donors (Lipinski definition) is 0. The Kier molecular flexibility index (Phi) is 10.3. The van der Waals surface area contributed by atoms with E-state index in [4.69, 9.17) is 26.1 Å².